The first kappa shape index (κ1) is 19.2. The predicted octanol–water partition coefficient (Wildman–Crippen LogP) is 3.76. The van der Waals surface area contributed by atoms with E-state index in [1.54, 1.807) is 12.1 Å². The SMILES string of the molecule is CC(C)(Oc1ccc(-c2c3c(cc4ccc5c(c24)OCO5)C(=O)NCC3)cc1)C(=O)O. The maximum absolute atomic E-state index is 12.6. The summed E-state index contributed by atoms with van der Waals surface area (Å²) in [4.78, 5) is 23.9. The van der Waals surface area contributed by atoms with Gasteiger partial charge in [-0.2, -0.15) is 0 Å². The fraction of sp³-hybridized carbons (Fsp3) is 0.250. The molecule has 0 unspecified atom stereocenters. The van der Waals surface area contributed by atoms with Crippen LogP contribution < -0.4 is 19.5 Å². The van der Waals surface area contributed by atoms with E-state index in [0.29, 0.717) is 35.8 Å². The minimum absolute atomic E-state index is 0.0924. The molecule has 0 bridgehead atoms. The molecule has 0 radical (unpaired) electrons. The number of carboxylic acids is 1. The molecule has 3 aromatic rings. The highest BCUT2D eigenvalue weighted by atomic mass is 16.7. The third-order valence-electron chi connectivity index (χ3n) is 5.68. The van der Waals surface area contributed by atoms with Crippen LogP contribution in [0.3, 0.4) is 0 Å². The third kappa shape index (κ3) is 3.13. The van der Waals surface area contributed by atoms with Crippen LogP contribution >= 0.6 is 0 Å². The summed E-state index contributed by atoms with van der Waals surface area (Å²) in [5, 5.41) is 14.0. The summed E-state index contributed by atoms with van der Waals surface area (Å²) in [5.41, 5.74) is 2.08. The van der Waals surface area contributed by atoms with Crippen molar-refractivity contribution in [1.29, 1.82) is 0 Å². The molecule has 5 rings (SSSR count). The minimum Gasteiger partial charge on any atom is -0.478 e. The van der Waals surface area contributed by atoms with Gasteiger partial charge >= 0.3 is 5.97 Å². The Morgan fingerprint density at radius 2 is 1.90 bits per heavy atom. The van der Waals surface area contributed by atoms with Crippen LogP contribution in [0.1, 0.15) is 29.8 Å². The lowest BCUT2D eigenvalue weighted by atomic mass is 9.86. The van der Waals surface area contributed by atoms with Gasteiger partial charge in [0.2, 0.25) is 6.79 Å². The smallest absolute Gasteiger partial charge is 0.347 e. The van der Waals surface area contributed by atoms with Gasteiger partial charge in [-0.15, -0.1) is 0 Å². The highest BCUT2D eigenvalue weighted by Gasteiger charge is 2.30. The van der Waals surface area contributed by atoms with Crippen LogP contribution in [0, 0.1) is 0 Å². The van der Waals surface area contributed by atoms with Crippen LogP contribution in [-0.2, 0) is 11.2 Å². The molecule has 2 aliphatic rings. The maximum atomic E-state index is 12.6. The van der Waals surface area contributed by atoms with Crippen LogP contribution in [0.4, 0.5) is 0 Å². The van der Waals surface area contributed by atoms with Crippen molar-refractivity contribution in [2.75, 3.05) is 13.3 Å². The van der Waals surface area contributed by atoms with Gasteiger partial charge in [0.15, 0.2) is 17.1 Å². The van der Waals surface area contributed by atoms with E-state index in [-0.39, 0.29) is 12.7 Å². The number of hydrogen-bond donors (Lipinski definition) is 2. The fourth-order valence-corrected chi connectivity index (χ4v) is 4.10. The summed E-state index contributed by atoms with van der Waals surface area (Å²) in [6.45, 7) is 3.72. The standard InChI is InChI=1S/C24H21NO6/c1-24(2,23(27)28)31-15-6-3-13(4-7-15)19-16-9-10-25-22(26)17(16)11-14-5-8-18-21(20(14)19)30-12-29-18/h3-8,11H,9-10,12H2,1-2H3,(H,25,26)(H,27,28). The fourth-order valence-electron chi connectivity index (χ4n) is 4.10. The highest BCUT2D eigenvalue weighted by Crippen LogP contribution is 2.46. The maximum Gasteiger partial charge on any atom is 0.347 e. The topological polar surface area (TPSA) is 94.1 Å². The summed E-state index contributed by atoms with van der Waals surface area (Å²) in [7, 11) is 0. The lowest BCUT2D eigenvalue weighted by molar-refractivity contribution is -0.152. The molecule has 7 nitrogen and oxygen atoms in total. The molecule has 2 N–H and O–H groups in total. The average Bonchev–Trinajstić information content (AvgIpc) is 3.22. The molecule has 2 aliphatic heterocycles. The summed E-state index contributed by atoms with van der Waals surface area (Å²) >= 11 is 0. The van der Waals surface area contributed by atoms with Crippen LogP contribution in [0.25, 0.3) is 21.9 Å². The second-order valence-electron chi connectivity index (χ2n) is 8.12. The van der Waals surface area contributed by atoms with Crippen LogP contribution in [0.15, 0.2) is 42.5 Å². The zero-order valence-electron chi connectivity index (χ0n) is 17.2. The van der Waals surface area contributed by atoms with Crippen molar-refractivity contribution in [2.45, 2.75) is 25.9 Å². The Hall–Kier alpha value is -3.74. The van der Waals surface area contributed by atoms with Gasteiger partial charge in [-0.1, -0.05) is 18.2 Å². The van der Waals surface area contributed by atoms with Crippen molar-refractivity contribution in [2.24, 2.45) is 0 Å². The molecule has 1 amide bonds. The van der Waals surface area contributed by atoms with Crippen LogP contribution in [-0.4, -0.2) is 35.9 Å². The third-order valence-corrected chi connectivity index (χ3v) is 5.68. The molecule has 0 atom stereocenters. The van der Waals surface area contributed by atoms with Gasteiger partial charge in [-0.05, 0) is 66.6 Å². The Balaban J connectivity index is 1.69. The molecule has 158 valence electrons. The Kier molecular flexibility index (Phi) is 4.28. The average molecular weight is 419 g/mol. The molecule has 0 saturated carbocycles. The summed E-state index contributed by atoms with van der Waals surface area (Å²) in [6.07, 6.45) is 0.696. The number of carboxylic acid groups (broad SMARTS) is 1. The molecule has 2 heterocycles. The molecule has 0 fully saturated rings. The number of benzene rings is 3. The molecule has 31 heavy (non-hydrogen) atoms. The van der Waals surface area contributed by atoms with Crippen LogP contribution in [0.5, 0.6) is 17.2 Å². The number of nitrogens with one attached hydrogen (secondary N) is 1. The number of carbonyl (C=O) groups is 2. The van der Waals surface area contributed by atoms with Gasteiger partial charge < -0.3 is 24.6 Å². The first-order valence-electron chi connectivity index (χ1n) is 10.0. The van der Waals surface area contributed by atoms with Crippen molar-refractivity contribution in [3.63, 3.8) is 0 Å². The van der Waals surface area contributed by atoms with E-state index < -0.39 is 11.6 Å². The molecule has 0 aromatic heterocycles. The molecular weight excluding hydrogens is 398 g/mol. The first-order valence-corrected chi connectivity index (χ1v) is 10.0. The van der Waals surface area contributed by atoms with E-state index in [0.717, 1.165) is 27.5 Å². The minimum atomic E-state index is -1.34. The second kappa shape index (κ2) is 6.91. The van der Waals surface area contributed by atoms with Gasteiger partial charge in [0.1, 0.15) is 5.75 Å². The zero-order chi connectivity index (χ0) is 21.8. The molecule has 0 aliphatic carbocycles. The van der Waals surface area contributed by atoms with Crippen molar-refractivity contribution in [3.8, 4) is 28.4 Å². The van der Waals surface area contributed by atoms with Crippen molar-refractivity contribution < 1.29 is 28.9 Å². The first-order chi connectivity index (χ1) is 14.8. The quantitative estimate of drug-likeness (QED) is 0.669. The number of amides is 1. The Labute approximate surface area is 178 Å². The second-order valence-corrected chi connectivity index (χ2v) is 8.12. The lowest BCUT2D eigenvalue weighted by Crippen LogP contribution is -2.37. The Morgan fingerprint density at radius 3 is 2.65 bits per heavy atom. The van der Waals surface area contributed by atoms with Crippen LogP contribution in [0.2, 0.25) is 0 Å². The van der Waals surface area contributed by atoms with E-state index in [1.807, 2.05) is 30.3 Å². The van der Waals surface area contributed by atoms with Gasteiger partial charge in [0.05, 0.1) is 0 Å². The number of rotatable bonds is 4. The molecule has 0 saturated heterocycles. The van der Waals surface area contributed by atoms with E-state index >= 15 is 0 Å². The normalized spacial score (nSPS) is 14.8. The number of ether oxygens (including phenoxy) is 3. The largest absolute Gasteiger partial charge is 0.478 e. The monoisotopic (exact) mass is 419 g/mol. The zero-order valence-corrected chi connectivity index (χ0v) is 17.2. The van der Waals surface area contributed by atoms with Crippen molar-refractivity contribution in [1.82, 2.24) is 5.32 Å². The van der Waals surface area contributed by atoms with E-state index in [4.69, 9.17) is 14.2 Å². The summed E-state index contributed by atoms with van der Waals surface area (Å²) < 4.78 is 17.0. The Bertz CT molecular complexity index is 1230. The van der Waals surface area contributed by atoms with Gasteiger partial charge in [-0.25, -0.2) is 4.79 Å². The number of carbonyl (C=O) groups excluding carboxylic acids is 1. The van der Waals surface area contributed by atoms with Gasteiger partial charge in [0, 0.05) is 17.5 Å². The number of aliphatic carboxylic acids is 1. The van der Waals surface area contributed by atoms with Gasteiger partial charge in [-0.3, -0.25) is 4.79 Å². The van der Waals surface area contributed by atoms with E-state index in [2.05, 4.69) is 5.32 Å². The number of hydrogen-bond acceptors (Lipinski definition) is 5. The van der Waals surface area contributed by atoms with Crippen molar-refractivity contribution in [3.05, 3.63) is 53.6 Å². The summed E-state index contributed by atoms with van der Waals surface area (Å²) in [5.74, 6) is 0.669. The lowest BCUT2D eigenvalue weighted by Gasteiger charge is -2.24. The van der Waals surface area contributed by atoms with Crippen molar-refractivity contribution >= 4 is 22.6 Å². The highest BCUT2D eigenvalue weighted by molar-refractivity contribution is 6.10. The van der Waals surface area contributed by atoms with Gasteiger partial charge in [0.25, 0.3) is 5.91 Å². The summed E-state index contributed by atoms with van der Waals surface area (Å²) in [6, 6.07) is 12.9. The molecule has 7 heteroatoms. The molecule has 0 spiro atoms. The molecular formula is C24H21NO6. The Morgan fingerprint density at radius 1 is 1.13 bits per heavy atom. The predicted molar refractivity (Wildman–Crippen MR) is 114 cm³/mol. The molecule has 3 aromatic carbocycles. The van der Waals surface area contributed by atoms with E-state index in [9.17, 15) is 14.7 Å². The van der Waals surface area contributed by atoms with E-state index in [1.165, 1.54) is 13.8 Å². The number of fused-ring (bicyclic) bond motifs is 4.